The lowest BCUT2D eigenvalue weighted by Crippen LogP contribution is -2.39. The summed E-state index contributed by atoms with van der Waals surface area (Å²) in [7, 11) is 1.62. The Hall–Kier alpha value is -1.55. The normalized spacial score (nSPS) is 24.3. The van der Waals surface area contributed by atoms with E-state index in [9.17, 15) is 9.90 Å². The maximum absolute atomic E-state index is 11.2. The van der Waals surface area contributed by atoms with Gasteiger partial charge >= 0.3 is 5.97 Å². The monoisotopic (exact) mass is 235 g/mol. The van der Waals surface area contributed by atoms with Crippen LogP contribution in [0, 0.1) is 5.92 Å². The zero-order valence-electron chi connectivity index (χ0n) is 9.85. The van der Waals surface area contributed by atoms with Gasteiger partial charge in [0.05, 0.1) is 13.0 Å². The first kappa shape index (κ1) is 11.9. The van der Waals surface area contributed by atoms with Crippen LogP contribution in [0.25, 0.3) is 0 Å². The molecular weight excluding hydrogens is 218 g/mol. The van der Waals surface area contributed by atoms with Crippen molar-refractivity contribution in [3.8, 4) is 5.75 Å². The first-order valence-corrected chi connectivity index (χ1v) is 5.80. The molecule has 4 nitrogen and oxygen atoms in total. The van der Waals surface area contributed by atoms with Crippen molar-refractivity contribution in [3.63, 3.8) is 0 Å². The third kappa shape index (κ3) is 2.58. The fraction of sp³-hybridized carbons (Fsp3) is 0.462. The molecule has 1 heterocycles. The fourth-order valence-corrected chi connectivity index (χ4v) is 2.37. The van der Waals surface area contributed by atoms with Gasteiger partial charge in [0.15, 0.2) is 0 Å². The number of aliphatic carboxylic acids is 1. The zero-order valence-corrected chi connectivity index (χ0v) is 9.85. The summed E-state index contributed by atoms with van der Waals surface area (Å²) in [5.41, 5.74) is 1.08. The number of nitrogens with one attached hydrogen (secondary N) is 1. The molecule has 0 bridgehead atoms. The number of piperidine rings is 1. The minimum atomic E-state index is -0.724. The van der Waals surface area contributed by atoms with Crippen molar-refractivity contribution >= 4 is 5.97 Å². The van der Waals surface area contributed by atoms with E-state index in [2.05, 4.69) is 5.32 Å². The van der Waals surface area contributed by atoms with Crippen LogP contribution < -0.4 is 10.1 Å². The Morgan fingerprint density at radius 2 is 2.12 bits per heavy atom. The third-order valence-corrected chi connectivity index (χ3v) is 3.34. The highest BCUT2D eigenvalue weighted by molar-refractivity contribution is 5.72. The smallest absolute Gasteiger partial charge is 0.308 e. The van der Waals surface area contributed by atoms with Crippen LogP contribution >= 0.6 is 0 Å². The van der Waals surface area contributed by atoms with Crippen molar-refractivity contribution in [2.75, 3.05) is 20.2 Å². The quantitative estimate of drug-likeness (QED) is 0.833. The second kappa shape index (κ2) is 5.19. The lowest BCUT2D eigenvalue weighted by Gasteiger charge is -2.29. The Kier molecular flexibility index (Phi) is 3.64. The Labute approximate surface area is 101 Å². The first-order chi connectivity index (χ1) is 8.22. The number of benzene rings is 1. The number of hydrogen-bond donors (Lipinski definition) is 2. The van der Waals surface area contributed by atoms with Crippen molar-refractivity contribution in [2.24, 2.45) is 5.92 Å². The lowest BCUT2D eigenvalue weighted by molar-refractivity contribution is -0.142. The molecule has 0 aliphatic carbocycles. The predicted molar refractivity (Wildman–Crippen MR) is 64.3 cm³/mol. The summed E-state index contributed by atoms with van der Waals surface area (Å²) >= 11 is 0. The summed E-state index contributed by atoms with van der Waals surface area (Å²) in [5.74, 6) is -0.163. The largest absolute Gasteiger partial charge is 0.497 e. The summed E-state index contributed by atoms with van der Waals surface area (Å²) in [6, 6.07) is 7.70. The fourth-order valence-electron chi connectivity index (χ4n) is 2.37. The van der Waals surface area contributed by atoms with Crippen LogP contribution in [0.3, 0.4) is 0 Å². The lowest BCUT2D eigenvalue weighted by atomic mass is 9.81. The Balaban J connectivity index is 2.20. The third-order valence-electron chi connectivity index (χ3n) is 3.34. The van der Waals surface area contributed by atoms with Crippen LogP contribution in [0.1, 0.15) is 17.9 Å². The number of hydrogen-bond acceptors (Lipinski definition) is 3. The van der Waals surface area contributed by atoms with Crippen LogP contribution in [-0.4, -0.2) is 31.3 Å². The number of carboxylic acids is 1. The summed E-state index contributed by atoms with van der Waals surface area (Å²) in [6.45, 7) is 1.42. The van der Waals surface area contributed by atoms with Crippen molar-refractivity contribution < 1.29 is 14.6 Å². The SMILES string of the molecule is COc1ccc(C2CCNCC2C(=O)O)cc1. The Bertz CT molecular complexity index is 388. The van der Waals surface area contributed by atoms with E-state index in [1.807, 2.05) is 24.3 Å². The minimum absolute atomic E-state index is 0.0969. The van der Waals surface area contributed by atoms with Gasteiger partial charge in [0.25, 0.3) is 0 Å². The van der Waals surface area contributed by atoms with Crippen LogP contribution in [0.15, 0.2) is 24.3 Å². The van der Waals surface area contributed by atoms with E-state index >= 15 is 0 Å². The van der Waals surface area contributed by atoms with E-state index in [-0.39, 0.29) is 11.8 Å². The van der Waals surface area contributed by atoms with Gasteiger partial charge in [-0.05, 0) is 36.6 Å². The van der Waals surface area contributed by atoms with Crippen molar-refractivity contribution in [3.05, 3.63) is 29.8 Å². The average Bonchev–Trinajstić information content (AvgIpc) is 2.39. The second-order valence-electron chi connectivity index (χ2n) is 4.32. The van der Waals surface area contributed by atoms with E-state index in [0.717, 1.165) is 24.3 Å². The molecule has 2 rings (SSSR count). The highest BCUT2D eigenvalue weighted by Gasteiger charge is 2.31. The maximum atomic E-state index is 11.2. The zero-order chi connectivity index (χ0) is 12.3. The summed E-state index contributed by atoms with van der Waals surface area (Å²) < 4.78 is 5.10. The molecule has 0 aromatic heterocycles. The van der Waals surface area contributed by atoms with E-state index in [1.54, 1.807) is 7.11 Å². The molecule has 0 radical (unpaired) electrons. The summed E-state index contributed by atoms with van der Waals surface area (Å²) in [4.78, 5) is 11.2. The van der Waals surface area contributed by atoms with Crippen molar-refractivity contribution in [1.82, 2.24) is 5.32 Å². The molecule has 1 aromatic rings. The molecule has 2 atom stereocenters. The van der Waals surface area contributed by atoms with E-state index in [4.69, 9.17) is 4.74 Å². The molecule has 0 spiro atoms. The number of carbonyl (C=O) groups is 1. The molecule has 4 heteroatoms. The first-order valence-electron chi connectivity index (χ1n) is 5.80. The molecule has 1 aliphatic rings. The topological polar surface area (TPSA) is 58.6 Å². The van der Waals surface area contributed by atoms with Gasteiger partial charge in [0.2, 0.25) is 0 Å². The van der Waals surface area contributed by atoms with Gasteiger partial charge in [-0.1, -0.05) is 12.1 Å². The molecule has 92 valence electrons. The van der Waals surface area contributed by atoms with E-state index in [0.29, 0.717) is 6.54 Å². The van der Waals surface area contributed by atoms with Gasteiger partial charge in [-0.3, -0.25) is 4.79 Å². The van der Waals surface area contributed by atoms with Gasteiger partial charge in [0, 0.05) is 6.54 Å². The molecule has 17 heavy (non-hydrogen) atoms. The van der Waals surface area contributed by atoms with Crippen LogP contribution in [0.4, 0.5) is 0 Å². The highest BCUT2D eigenvalue weighted by Crippen LogP contribution is 2.31. The van der Waals surface area contributed by atoms with Gasteiger partial charge in [-0.2, -0.15) is 0 Å². The second-order valence-corrected chi connectivity index (χ2v) is 4.32. The van der Waals surface area contributed by atoms with Gasteiger partial charge < -0.3 is 15.2 Å². The molecular formula is C13H17NO3. The molecule has 1 fully saturated rings. The van der Waals surface area contributed by atoms with E-state index in [1.165, 1.54) is 0 Å². The predicted octanol–water partition coefficient (Wildman–Crippen LogP) is 1.47. The minimum Gasteiger partial charge on any atom is -0.497 e. The van der Waals surface area contributed by atoms with Crippen LogP contribution in [-0.2, 0) is 4.79 Å². The highest BCUT2D eigenvalue weighted by atomic mass is 16.5. The van der Waals surface area contributed by atoms with Gasteiger partial charge in [-0.25, -0.2) is 0 Å². The van der Waals surface area contributed by atoms with Crippen molar-refractivity contribution in [2.45, 2.75) is 12.3 Å². The molecule has 1 saturated heterocycles. The summed E-state index contributed by atoms with van der Waals surface area (Å²) in [5, 5.41) is 12.3. The Morgan fingerprint density at radius 3 is 2.71 bits per heavy atom. The molecule has 1 aliphatic heterocycles. The number of methoxy groups -OCH3 is 1. The average molecular weight is 235 g/mol. The molecule has 1 aromatic carbocycles. The van der Waals surface area contributed by atoms with E-state index < -0.39 is 5.97 Å². The maximum Gasteiger partial charge on any atom is 0.308 e. The van der Waals surface area contributed by atoms with Crippen molar-refractivity contribution in [1.29, 1.82) is 0 Å². The van der Waals surface area contributed by atoms with Crippen LogP contribution in [0.2, 0.25) is 0 Å². The number of ether oxygens (including phenoxy) is 1. The molecule has 2 unspecified atom stereocenters. The summed E-state index contributed by atoms with van der Waals surface area (Å²) in [6.07, 6.45) is 0.864. The standard InChI is InChI=1S/C13H17NO3/c1-17-10-4-2-9(3-5-10)11-6-7-14-8-12(11)13(15)16/h2-5,11-12,14H,6-8H2,1H3,(H,15,16). The Morgan fingerprint density at radius 1 is 1.41 bits per heavy atom. The number of carboxylic acid groups (broad SMARTS) is 1. The number of rotatable bonds is 3. The molecule has 2 N–H and O–H groups in total. The molecule has 0 saturated carbocycles. The van der Waals surface area contributed by atoms with Crippen LogP contribution in [0.5, 0.6) is 5.75 Å². The van der Waals surface area contributed by atoms with Gasteiger partial charge in [0.1, 0.15) is 5.75 Å². The van der Waals surface area contributed by atoms with Gasteiger partial charge in [-0.15, -0.1) is 0 Å². The molecule has 0 amide bonds.